The van der Waals surface area contributed by atoms with Gasteiger partial charge in [0.05, 0.1) is 0 Å². The van der Waals surface area contributed by atoms with E-state index in [-0.39, 0.29) is 6.42 Å². The summed E-state index contributed by atoms with van der Waals surface area (Å²) in [6.07, 6.45) is 3.38. The third-order valence-corrected chi connectivity index (χ3v) is 4.17. The van der Waals surface area contributed by atoms with Gasteiger partial charge in [-0.1, -0.05) is 43.3 Å². The maximum absolute atomic E-state index is 12.0. The van der Waals surface area contributed by atoms with E-state index in [2.05, 4.69) is 4.98 Å². The van der Waals surface area contributed by atoms with Crippen LogP contribution in [0.15, 0.2) is 54.9 Å². The lowest BCUT2D eigenvalue weighted by atomic mass is 9.67. The predicted molar refractivity (Wildman–Crippen MR) is 85.1 cm³/mol. The second-order valence-corrected chi connectivity index (χ2v) is 5.49. The van der Waals surface area contributed by atoms with Gasteiger partial charge < -0.3 is 10.2 Å². The first-order valence-electron chi connectivity index (χ1n) is 7.43. The Labute approximate surface area is 134 Å². The van der Waals surface area contributed by atoms with Crippen LogP contribution in [0.25, 0.3) is 0 Å². The molecule has 5 nitrogen and oxygen atoms in total. The monoisotopic (exact) mass is 313 g/mol. The molecule has 2 rings (SSSR count). The van der Waals surface area contributed by atoms with Crippen LogP contribution in [0.4, 0.5) is 0 Å². The molecule has 2 aromatic rings. The van der Waals surface area contributed by atoms with E-state index in [1.807, 2.05) is 13.0 Å². The lowest BCUT2D eigenvalue weighted by molar-refractivity contribution is -0.166. The number of nitrogens with zero attached hydrogens (tertiary/aromatic N) is 1. The summed E-state index contributed by atoms with van der Waals surface area (Å²) >= 11 is 0. The molecule has 0 fully saturated rings. The van der Waals surface area contributed by atoms with Gasteiger partial charge in [-0.3, -0.25) is 14.6 Å². The molecular weight excluding hydrogens is 294 g/mol. The fourth-order valence-corrected chi connectivity index (χ4v) is 3.04. The van der Waals surface area contributed by atoms with Gasteiger partial charge in [0.25, 0.3) is 0 Å². The topological polar surface area (TPSA) is 87.5 Å². The smallest absolute Gasteiger partial charge is 0.322 e. The Bertz CT molecular complexity index is 656. The van der Waals surface area contributed by atoms with E-state index in [4.69, 9.17) is 0 Å². The van der Waals surface area contributed by atoms with Crippen molar-refractivity contribution in [2.45, 2.75) is 25.7 Å². The van der Waals surface area contributed by atoms with Gasteiger partial charge in [0, 0.05) is 24.7 Å². The van der Waals surface area contributed by atoms with E-state index >= 15 is 0 Å². The first kappa shape index (κ1) is 16.7. The number of benzene rings is 1. The molecule has 5 heteroatoms. The second kappa shape index (κ2) is 7.05. The maximum atomic E-state index is 12.0. The molecule has 0 aliphatic carbocycles. The van der Waals surface area contributed by atoms with E-state index in [1.165, 1.54) is 6.20 Å². The van der Waals surface area contributed by atoms with E-state index in [9.17, 15) is 19.8 Å². The van der Waals surface area contributed by atoms with Crippen molar-refractivity contribution in [1.82, 2.24) is 4.98 Å². The number of carboxylic acid groups (broad SMARTS) is 2. The predicted octanol–water partition coefficient (Wildman–Crippen LogP) is 2.97. The highest BCUT2D eigenvalue weighted by Crippen LogP contribution is 2.42. The molecule has 0 amide bonds. The summed E-state index contributed by atoms with van der Waals surface area (Å²) in [5.74, 6) is -3.30. The third-order valence-electron chi connectivity index (χ3n) is 4.17. The van der Waals surface area contributed by atoms with Crippen molar-refractivity contribution in [2.75, 3.05) is 0 Å². The molecule has 0 radical (unpaired) electrons. The number of carboxylic acids is 2. The zero-order valence-corrected chi connectivity index (χ0v) is 12.8. The number of hydrogen-bond acceptors (Lipinski definition) is 3. The van der Waals surface area contributed by atoms with Crippen LogP contribution < -0.4 is 0 Å². The van der Waals surface area contributed by atoms with Crippen LogP contribution in [0.1, 0.15) is 30.4 Å². The minimum atomic E-state index is -1.93. The van der Waals surface area contributed by atoms with Crippen LogP contribution in [0.5, 0.6) is 0 Å². The molecule has 0 aliphatic rings. The SMILES string of the molecule is CCC(c1ccccc1)C(Cc1cccnc1)(C(=O)O)C(=O)O. The number of carbonyl (C=O) groups is 2. The third kappa shape index (κ3) is 3.23. The van der Waals surface area contributed by atoms with Crippen molar-refractivity contribution in [1.29, 1.82) is 0 Å². The van der Waals surface area contributed by atoms with Crippen LogP contribution in [0, 0.1) is 5.41 Å². The largest absolute Gasteiger partial charge is 0.480 e. The molecule has 1 aromatic heterocycles. The summed E-state index contributed by atoms with van der Waals surface area (Å²) in [4.78, 5) is 28.0. The van der Waals surface area contributed by atoms with Gasteiger partial charge in [0.15, 0.2) is 5.41 Å². The Kier molecular flexibility index (Phi) is 5.11. The molecular formula is C18H19NO4. The first-order chi connectivity index (χ1) is 11.0. The normalized spacial score (nSPS) is 12.6. The molecule has 1 heterocycles. The van der Waals surface area contributed by atoms with Gasteiger partial charge in [-0.25, -0.2) is 0 Å². The van der Waals surface area contributed by atoms with Gasteiger partial charge in [-0.15, -0.1) is 0 Å². The average molecular weight is 313 g/mol. The van der Waals surface area contributed by atoms with Gasteiger partial charge >= 0.3 is 11.9 Å². The van der Waals surface area contributed by atoms with Crippen molar-refractivity contribution in [3.05, 3.63) is 66.0 Å². The Hall–Kier alpha value is -2.69. The standard InChI is InChI=1S/C18H19NO4/c1-2-15(14-8-4-3-5-9-14)18(16(20)21,17(22)23)11-13-7-6-10-19-12-13/h3-10,12,15H,2,11H2,1H3,(H,20,21)(H,22,23). The number of aromatic nitrogens is 1. The van der Waals surface area contributed by atoms with Crippen LogP contribution in [-0.2, 0) is 16.0 Å². The highest BCUT2D eigenvalue weighted by atomic mass is 16.4. The van der Waals surface area contributed by atoms with Crippen LogP contribution in [0.2, 0.25) is 0 Å². The molecule has 120 valence electrons. The fraction of sp³-hybridized carbons (Fsp3) is 0.278. The van der Waals surface area contributed by atoms with E-state index < -0.39 is 23.3 Å². The van der Waals surface area contributed by atoms with Gasteiger partial charge in [0.1, 0.15) is 0 Å². The molecule has 0 bridgehead atoms. The molecule has 0 saturated carbocycles. The molecule has 1 unspecified atom stereocenters. The van der Waals surface area contributed by atoms with Crippen molar-refractivity contribution in [3.63, 3.8) is 0 Å². The number of rotatable bonds is 7. The fourth-order valence-electron chi connectivity index (χ4n) is 3.04. The summed E-state index contributed by atoms with van der Waals surface area (Å²) in [5, 5.41) is 19.6. The summed E-state index contributed by atoms with van der Waals surface area (Å²) in [6, 6.07) is 12.3. The lowest BCUT2D eigenvalue weighted by Crippen LogP contribution is -2.46. The maximum Gasteiger partial charge on any atom is 0.322 e. The van der Waals surface area contributed by atoms with Crippen LogP contribution in [0.3, 0.4) is 0 Å². The highest BCUT2D eigenvalue weighted by Gasteiger charge is 2.52. The van der Waals surface area contributed by atoms with Crippen molar-refractivity contribution >= 4 is 11.9 Å². The Morgan fingerprint density at radius 3 is 2.22 bits per heavy atom. The number of hydrogen-bond donors (Lipinski definition) is 2. The van der Waals surface area contributed by atoms with Crippen molar-refractivity contribution in [3.8, 4) is 0 Å². The quantitative estimate of drug-likeness (QED) is 0.767. The molecule has 0 spiro atoms. The van der Waals surface area contributed by atoms with E-state index in [1.54, 1.807) is 42.6 Å². The van der Waals surface area contributed by atoms with Crippen LogP contribution >= 0.6 is 0 Å². The van der Waals surface area contributed by atoms with Gasteiger partial charge in [0.2, 0.25) is 0 Å². The van der Waals surface area contributed by atoms with E-state index in [0.29, 0.717) is 17.5 Å². The first-order valence-corrected chi connectivity index (χ1v) is 7.43. The molecule has 1 atom stereocenters. The molecule has 1 aromatic carbocycles. The van der Waals surface area contributed by atoms with Gasteiger partial charge in [-0.2, -0.15) is 0 Å². The zero-order valence-electron chi connectivity index (χ0n) is 12.8. The summed E-state index contributed by atoms with van der Waals surface area (Å²) in [7, 11) is 0. The Balaban J connectivity index is 2.56. The summed E-state index contributed by atoms with van der Waals surface area (Å²) < 4.78 is 0. The van der Waals surface area contributed by atoms with Crippen molar-refractivity contribution < 1.29 is 19.8 Å². The minimum absolute atomic E-state index is 0.112. The Morgan fingerprint density at radius 2 is 1.74 bits per heavy atom. The van der Waals surface area contributed by atoms with Gasteiger partial charge in [-0.05, 0) is 23.6 Å². The second-order valence-electron chi connectivity index (χ2n) is 5.49. The zero-order chi connectivity index (χ0) is 16.9. The summed E-state index contributed by atoms with van der Waals surface area (Å²) in [5.41, 5.74) is -0.630. The average Bonchev–Trinajstić information content (AvgIpc) is 2.56. The number of aliphatic carboxylic acids is 2. The lowest BCUT2D eigenvalue weighted by Gasteiger charge is -2.33. The minimum Gasteiger partial charge on any atom is -0.480 e. The molecule has 2 N–H and O–H groups in total. The summed E-state index contributed by atoms with van der Waals surface area (Å²) in [6.45, 7) is 1.81. The van der Waals surface area contributed by atoms with E-state index in [0.717, 1.165) is 0 Å². The van der Waals surface area contributed by atoms with Crippen molar-refractivity contribution in [2.24, 2.45) is 5.41 Å². The molecule has 0 saturated heterocycles. The number of pyridine rings is 1. The molecule has 23 heavy (non-hydrogen) atoms. The highest BCUT2D eigenvalue weighted by molar-refractivity contribution is 5.99. The Morgan fingerprint density at radius 1 is 1.09 bits per heavy atom. The van der Waals surface area contributed by atoms with Crippen LogP contribution in [-0.4, -0.2) is 27.1 Å². The molecule has 0 aliphatic heterocycles.